The quantitative estimate of drug-likeness (QED) is 0.377. The molecule has 202 valence electrons. The topological polar surface area (TPSA) is 86.8 Å². The van der Waals surface area contributed by atoms with Crippen LogP contribution >= 0.6 is 0 Å². The number of benzene rings is 3. The summed E-state index contributed by atoms with van der Waals surface area (Å²) < 4.78 is 40.2. The Labute approximate surface area is 224 Å². The Kier molecular flexibility index (Phi) is 10.0. The Morgan fingerprint density at radius 2 is 1.50 bits per heavy atom. The Hall–Kier alpha value is -3.72. The summed E-state index contributed by atoms with van der Waals surface area (Å²) in [4.78, 5) is 28.8. The molecule has 9 heteroatoms. The molecule has 0 saturated carbocycles. The summed E-state index contributed by atoms with van der Waals surface area (Å²) in [6.07, 6.45) is 1.20. The zero-order chi connectivity index (χ0) is 27.7. The van der Waals surface area contributed by atoms with Crippen molar-refractivity contribution in [3.63, 3.8) is 0 Å². The molecule has 0 spiro atoms. The van der Waals surface area contributed by atoms with Gasteiger partial charge in [0.15, 0.2) is 0 Å². The summed E-state index contributed by atoms with van der Waals surface area (Å²) in [7, 11) is -3.94. The van der Waals surface area contributed by atoms with Crippen molar-refractivity contribution >= 4 is 27.5 Å². The molecule has 2 amide bonds. The van der Waals surface area contributed by atoms with Gasteiger partial charge in [0.05, 0.1) is 11.9 Å². The van der Waals surface area contributed by atoms with Crippen LogP contribution in [0.4, 0.5) is 10.1 Å². The van der Waals surface area contributed by atoms with Gasteiger partial charge >= 0.3 is 0 Å². The van der Waals surface area contributed by atoms with Crippen LogP contribution in [0.2, 0.25) is 0 Å². The second-order valence-electron chi connectivity index (χ2n) is 9.60. The van der Waals surface area contributed by atoms with Crippen LogP contribution < -0.4 is 9.62 Å². The molecule has 0 fully saturated rings. The Bertz CT molecular complexity index is 1320. The number of carbonyl (C=O) groups is 2. The third kappa shape index (κ3) is 8.41. The molecule has 1 unspecified atom stereocenters. The third-order valence-electron chi connectivity index (χ3n) is 5.93. The lowest BCUT2D eigenvalue weighted by Crippen LogP contribution is -2.53. The normalized spacial score (nSPS) is 12.1. The summed E-state index contributed by atoms with van der Waals surface area (Å²) in [6.45, 7) is 3.88. The number of hydrogen-bond acceptors (Lipinski definition) is 4. The van der Waals surface area contributed by atoms with Crippen molar-refractivity contribution in [2.75, 3.05) is 23.7 Å². The molecular formula is C29H34FN3O4S. The third-order valence-corrected chi connectivity index (χ3v) is 7.07. The van der Waals surface area contributed by atoms with Crippen molar-refractivity contribution < 1.29 is 22.4 Å². The van der Waals surface area contributed by atoms with E-state index in [0.717, 1.165) is 27.8 Å². The van der Waals surface area contributed by atoms with Crippen molar-refractivity contribution in [2.24, 2.45) is 5.92 Å². The van der Waals surface area contributed by atoms with E-state index in [-0.39, 0.29) is 30.5 Å². The molecule has 3 aromatic carbocycles. The van der Waals surface area contributed by atoms with Gasteiger partial charge in [-0.3, -0.25) is 13.9 Å². The lowest BCUT2D eigenvalue weighted by molar-refractivity contribution is -0.140. The standard InChI is InChI=1S/C29H34FN3O4S/c1-22(2)19-31-29(35)27(17-23-11-6-4-7-12-23)32(20-24-13-8-5-9-14-24)28(34)21-33(38(3,36)37)26-16-10-15-25(30)18-26/h4-16,18,22,27H,17,19-21H2,1-3H3,(H,31,35). The first-order valence-corrected chi connectivity index (χ1v) is 14.3. The predicted octanol–water partition coefficient (Wildman–Crippen LogP) is 4.00. The molecule has 0 saturated heterocycles. The van der Waals surface area contributed by atoms with Crippen LogP contribution in [-0.2, 0) is 32.6 Å². The molecule has 3 rings (SSSR count). The van der Waals surface area contributed by atoms with Crippen molar-refractivity contribution in [1.29, 1.82) is 0 Å². The van der Waals surface area contributed by atoms with E-state index in [9.17, 15) is 22.4 Å². The van der Waals surface area contributed by atoms with Crippen molar-refractivity contribution in [1.82, 2.24) is 10.2 Å². The molecule has 0 bridgehead atoms. The lowest BCUT2D eigenvalue weighted by atomic mass is 10.0. The zero-order valence-electron chi connectivity index (χ0n) is 21.9. The number of rotatable bonds is 12. The lowest BCUT2D eigenvalue weighted by Gasteiger charge is -2.33. The predicted molar refractivity (Wildman–Crippen MR) is 147 cm³/mol. The largest absolute Gasteiger partial charge is 0.354 e. The summed E-state index contributed by atoms with van der Waals surface area (Å²) in [5.74, 6) is -1.34. The fourth-order valence-corrected chi connectivity index (χ4v) is 4.84. The summed E-state index contributed by atoms with van der Waals surface area (Å²) in [5, 5.41) is 2.93. The molecule has 3 aromatic rings. The van der Waals surface area contributed by atoms with Gasteiger partial charge in [0.25, 0.3) is 0 Å². The maximum absolute atomic E-state index is 14.0. The first-order chi connectivity index (χ1) is 18.0. The number of anilines is 1. The monoisotopic (exact) mass is 539 g/mol. The number of nitrogens with zero attached hydrogens (tertiary/aromatic N) is 2. The van der Waals surface area contributed by atoms with Gasteiger partial charge in [0, 0.05) is 19.5 Å². The van der Waals surface area contributed by atoms with E-state index in [1.165, 1.54) is 23.1 Å². The molecule has 0 aliphatic rings. The second-order valence-corrected chi connectivity index (χ2v) is 11.5. The minimum atomic E-state index is -3.94. The van der Waals surface area contributed by atoms with Gasteiger partial charge in [0.1, 0.15) is 18.4 Å². The Morgan fingerprint density at radius 3 is 2.05 bits per heavy atom. The Morgan fingerprint density at radius 1 is 0.895 bits per heavy atom. The Balaban J connectivity index is 2.02. The molecule has 0 aliphatic carbocycles. The van der Waals surface area contributed by atoms with Gasteiger partial charge in [-0.25, -0.2) is 12.8 Å². The van der Waals surface area contributed by atoms with Crippen LogP contribution in [0.5, 0.6) is 0 Å². The van der Waals surface area contributed by atoms with E-state index in [1.807, 2.05) is 74.5 Å². The van der Waals surface area contributed by atoms with Crippen molar-refractivity contribution in [3.05, 3.63) is 102 Å². The number of sulfonamides is 1. The van der Waals surface area contributed by atoms with Gasteiger partial charge < -0.3 is 10.2 Å². The fraction of sp³-hybridized carbons (Fsp3) is 0.310. The smallest absolute Gasteiger partial charge is 0.244 e. The number of nitrogens with one attached hydrogen (secondary N) is 1. The van der Waals surface area contributed by atoms with Crippen LogP contribution in [0.25, 0.3) is 0 Å². The molecule has 0 aromatic heterocycles. The van der Waals surface area contributed by atoms with E-state index in [0.29, 0.717) is 6.54 Å². The van der Waals surface area contributed by atoms with Crippen molar-refractivity contribution in [2.45, 2.75) is 32.9 Å². The summed E-state index contributed by atoms with van der Waals surface area (Å²) in [5.41, 5.74) is 1.67. The maximum Gasteiger partial charge on any atom is 0.244 e. The van der Waals surface area contributed by atoms with Gasteiger partial charge in [-0.15, -0.1) is 0 Å². The fourth-order valence-electron chi connectivity index (χ4n) is 4.00. The molecule has 38 heavy (non-hydrogen) atoms. The van der Waals surface area contributed by atoms with Crippen LogP contribution in [0.3, 0.4) is 0 Å². The minimum absolute atomic E-state index is 0.0318. The average molecular weight is 540 g/mol. The average Bonchev–Trinajstić information content (AvgIpc) is 2.88. The van der Waals surface area contributed by atoms with Crippen molar-refractivity contribution in [3.8, 4) is 0 Å². The van der Waals surface area contributed by atoms with E-state index in [1.54, 1.807) is 0 Å². The highest BCUT2D eigenvalue weighted by Crippen LogP contribution is 2.21. The van der Waals surface area contributed by atoms with Gasteiger partial charge in [0.2, 0.25) is 21.8 Å². The molecule has 0 heterocycles. The maximum atomic E-state index is 14.0. The number of hydrogen-bond donors (Lipinski definition) is 1. The number of halogens is 1. The van der Waals surface area contributed by atoms with E-state index in [2.05, 4.69) is 5.32 Å². The highest BCUT2D eigenvalue weighted by molar-refractivity contribution is 7.92. The van der Waals surface area contributed by atoms with Gasteiger partial charge in [-0.05, 0) is 35.2 Å². The molecular weight excluding hydrogens is 505 g/mol. The van der Waals surface area contributed by atoms with E-state index < -0.39 is 34.3 Å². The van der Waals surface area contributed by atoms with Crippen LogP contribution in [0.1, 0.15) is 25.0 Å². The molecule has 0 radical (unpaired) electrons. The first-order valence-electron chi connectivity index (χ1n) is 12.4. The molecule has 1 atom stereocenters. The highest BCUT2D eigenvalue weighted by Gasteiger charge is 2.33. The molecule has 1 N–H and O–H groups in total. The highest BCUT2D eigenvalue weighted by atomic mass is 32.2. The van der Waals surface area contributed by atoms with Crippen LogP contribution in [0.15, 0.2) is 84.9 Å². The molecule has 0 aliphatic heterocycles. The molecule has 7 nitrogen and oxygen atoms in total. The van der Waals surface area contributed by atoms with Crippen LogP contribution in [-0.4, -0.2) is 50.5 Å². The van der Waals surface area contributed by atoms with Crippen LogP contribution in [0, 0.1) is 11.7 Å². The van der Waals surface area contributed by atoms with E-state index >= 15 is 0 Å². The van der Waals surface area contributed by atoms with Gasteiger partial charge in [-0.2, -0.15) is 0 Å². The number of carbonyl (C=O) groups excluding carboxylic acids is 2. The minimum Gasteiger partial charge on any atom is -0.354 e. The number of amides is 2. The second kappa shape index (κ2) is 13.2. The zero-order valence-corrected chi connectivity index (χ0v) is 22.7. The van der Waals surface area contributed by atoms with E-state index in [4.69, 9.17) is 0 Å². The summed E-state index contributed by atoms with van der Waals surface area (Å²) >= 11 is 0. The summed E-state index contributed by atoms with van der Waals surface area (Å²) in [6, 6.07) is 22.7. The van der Waals surface area contributed by atoms with Gasteiger partial charge in [-0.1, -0.05) is 80.6 Å². The SMILES string of the molecule is CC(C)CNC(=O)C(Cc1ccccc1)N(Cc1ccccc1)C(=O)CN(c1cccc(F)c1)S(C)(=O)=O. The first kappa shape index (κ1) is 28.8.